The van der Waals surface area contributed by atoms with Gasteiger partial charge in [0.05, 0.1) is 6.61 Å². The van der Waals surface area contributed by atoms with Gasteiger partial charge < -0.3 is 19.9 Å². The highest BCUT2D eigenvalue weighted by atomic mass is 79.9. The van der Waals surface area contributed by atoms with E-state index >= 15 is 0 Å². The molecule has 18 heavy (non-hydrogen) atoms. The van der Waals surface area contributed by atoms with E-state index in [4.69, 9.17) is 9.47 Å². The summed E-state index contributed by atoms with van der Waals surface area (Å²) in [6, 6.07) is 4.01. The van der Waals surface area contributed by atoms with Gasteiger partial charge in [0.2, 0.25) is 0 Å². The van der Waals surface area contributed by atoms with E-state index in [-0.39, 0.29) is 13.2 Å². The van der Waals surface area contributed by atoms with E-state index in [1.807, 2.05) is 26.1 Å². The van der Waals surface area contributed by atoms with Crippen LogP contribution in [0.2, 0.25) is 0 Å². The van der Waals surface area contributed by atoms with Crippen molar-refractivity contribution < 1.29 is 14.6 Å². The molecule has 5 heteroatoms. The number of halogens is 1. The molecule has 0 radical (unpaired) electrons. The van der Waals surface area contributed by atoms with Gasteiger partial charge in [0.25, 0.3) is 0 Å². The summed E-state index contributed by atoms with van der Waals surface area (Å²) in [5, 5.41) is 12.7. The normalized spacial score (nSPS) is 12.5. The molecule has 0 spiro atoms. The first-order valence-corrected chi connectivity index (χ1v) is 6.61. The van der Waals surface area contributed by atoms with Crippen LogP contribution >= 0.6 is 15.9 Å². The van der Waals surface area contributed by atoms with Crippen LogP contribution in [0.25, 0.3) is 0 Å². The molecule has 102 valence electrons. The fourth-order valence-electron chi connectivity index (χ4n) is 1.75. The standard InChI is InChI=1S/C13H20BrNO3/c1-9-4-11(14)5-10(6-15-2)13(9)18-8-12(16)7-17-3/h4-5,12,15-16H,6-8H2,1-3H3. The maximum absolute atomic E-state index is 9.60. The first-order valence-electron chi connectivity index (χ1n) is 5.82. The van der Waals surface area contributed by atoms with Gasteiger partial charge in [-0.2, -0.15) is 0 Å². The predicted octanol–water partition coefficient (Wildman–Crippen LogP) is 1.86. The van der Waals surface area contributed by atoms with E-state index in [9.17, 15) is 5.11 Å². The molecular weight excluding hydrogens is 298 g/mol. The van der Waals surface area contributed by atoms with Crippen molar-refractivity contribution in [2.24, 2.45) is 0 Å². The molecule has 1 aromatic rings. The summed E-state index contributed by atoms with van der Waals surface area (Å²) in [5.41, 5.74) is 2.10. The van der Waals surface area contributed by atoms with Gasteiger partial charge in [-0.15, -0.1) is 0 Å². The van der Waals surface area contributed by atoms with Gasteiger partial charge in [0.1, 0.15) is 18.5 Å². The van der Waals surface area contributed by atoms with Crippen LogP contribution in [0.3, 0.4) is 0 Å². The Morgan fingerprint density at radius 1 is 1.39 bits per heavy atom. The lowest BCUT2D eigenvalue weighted by atomic mass is 10.1. The molecule has 0 aliphatic carbocycles. The second-order valence-corrected chi connectivity index (χ2v) is 5.08. The zero-order chi connectivity index (χ0) is 13.5. The fraction of sp³-hybridized carbons (Fsp3) is 0.538. The summed E-state index contributed by atoms with van der Waals surface area (Å²) in [6.07, 6.45) is -0.611. The smallest absolute Gasteiger partial charge is 0.126 e. The SMILES string of the molecule is CNCc1cc(Br)cc(C)c1OCC(O)COC. The third-order valence-corrected chi connectivity index (χ3v) is 2.92. The van der Waals surface area contributed by atoms with Crippen LogP contribution in [0, 0.1) is 6.92 Å². The summed E-state index contributed by atoms with van der Waals surface area (Å²) in [4.78, 5) is 0. The van der Waals surface area contributed by atoms with Crippen LogP contribution in [-0.4, -0.2) is 38.6 Å². The Bertz CT molecular complexity index is 385. The van der Waals surface area contributed by atoms with Gasteiger partial charge >= 0.3 is 0 Å². The van der Waals surface area contributed by atoms with Crippen LogP contribution in [-0.2, 0) is 11.3 Å². The minimum Gasteiger partial charge on any atom is -0.490 e. The van der Waals surface area contributed by atoms with E-state index in [1.165, 1.54) is 0 Å². The molecular formula is C13H20BrNO3. The Morgan fingerprint density at radius 2 is 2.11 bits per heavy atom. The van der Waals surface area contributed by atoms with Crippen molar-refractivity contribution in [1.29, 1.82) is 0 Å². The summed E-state index contributed by atoms with van der Waals surface area (Å²) in [5.74, 6) is 0.822. The minimum absolute atomic E-state index is 0.229. The third-order valence-electron chi connectivity index (χ3n) is 2.46. The van der Waals surface area contributed by atoms with Crippen molar-refractivity contribution in [3.8, 4) is 5.75 Å². The van der Waals surface area contributed by atoms with Gasteiger partial charge in [-0.1, -0.05) is 15.9 Å². The number of benzene rings is 1. The van der Waals surface area contributed by atoms with Crippen LogP contribution in [0.4, 0.5) is 0 Å². The van der Waals surface area contributed by atoms with Crippen molar-refractivity contribution in [1.82, 2.24) is 5.32 Å². The monoisotopic (exact) mass is 317 g/mol. The number of hydrogen-bond donors (Lipinski definition) is 2. The van der Waals surface area contributed by atoms with Crippen LogP contribution in [0.1, 0.15) is 11.1 Å². The summed E-state index contributed by atoms with van der Waals surface area (Å²) >= 11 is 3.47. The summed E-state index contributed by atoms with van der Waals surface area (Å²) in [7, 11) is 3.44. The Labute approximate surface area is 116 Å². The number of aliphatic hydroxyl groups excluding tert-OH is 1. The van der Waals surface area contributed by atoms with Gasteiger partial charge in [0, 0.05) is 23.7 Å². The molecule has 0 aliphatic rings. The van der Waals surface area contributed by atoms with Crippen LogP contribution in [0.5, 0.6) is 5.75 Å². The van der Waals surface area contributed by atoms with Crippen molar-refractivity contribution in [2.45, 2.75) is 19.6 Å². The van der Waals surface area contributed by atoms with Crippen LogP contribution in [0.15, 0.2) is 16.6 Å². The minimum atomic E-state index is -0.611. The van der Waals surface area contributed by atoms with E-state index in [0.29, 0.717) is 0 Å². The van der Waals surface area contributed by atoms with E-state index in [0.717, 1.165) is 27.9 Å². The zero-order valence-electron chi connectivity index (χ0n) is 11.0. The molecule has 0 aromatic heterocycles. The first-order chi connectivity index (χ1) is 8.58. The molecule has 1 atom stereocenters. The highest BCUT2D eigenvalue weighted by Crippen LogP contribution is 2.28. The molecule has 1 rings (SSSR count). The van der Waals surface area contributed by atoms with E-state index < -0.39 is 6.10 Å². The maximum Gasteiger partial charge on any atom is 0.126 e. The lowest BCUT2D eigenvalue weighted by Gasteiger charge is -2.17. The van der Waals surface area contributed by atoms with Gasteiger partial charge in [-0.25, -0.2) is 0 Å². The Morgan fingerprint density at radius 3 is 2.72 bits per heavy atom. The second kappa shape index (κ2) is 7.74. The predicted molar refractivity (Wildman–Crippen MR) is 75.0 cm³/mol. The number of rotatable bonds is 7. The van der Waals surface area contributed by atoms with Gasteiger partial charge in [-0.3, -0.25) is 0 Å². The van der Waals surface area contributed by atoms with Gasteiger partial charge in [0.15, 0.2) is 0 Å². The average Bonchev–Trinajstić information content (AvgIpc) is 2.28. The quantitative estimate of drug-likeness (QED) is 0.806. The molecule has 0 heterocycles. The summed E-state index contributed by atoms with van der Waals surface area (Å²) in [6.45, 7) is 3.21. The molecule has 4 nitrogen and oxygen atoms in total. The molecule has 1 unspecified atom stereocenters. The largest absolute Gasteiger partial charge is 0.490 e. The van der Waals surface area contributed by atoms with E-state index in [2.05, 4.69) is 21.2 Å². The number of nitrogens with one attached hydrogen (secondary N) is 1. The Hall–Kier alpha value is -0.620. The number of ether oxygens (including phenoxy) is 2. The van der Waals surface area contributed by atoms with Crippen molar-refractivity contribution in [3.05, 3.63) is 27.7 Å². The highest BCUT2D eigenvalue weighted by molar-refractivity contribution is 9.10. The zero-order valence-corrected chi connectivity index (χ0v) is 12.6. The Kier molecular flexibility index (Phi) is 6.63. The first kappa shape index (κ1) is 15.4. The molecule has 2 N–H and O–H groups in total. The maximum atomic E-state index is 9.60. The topological polar surface area (TPSA) is 50.7 Å². The third kappa shape index (κ3) is 4.57. The molecule has 0 saturated heterocycles. The van der Waals surface area contributed by atoms with E-state index in [1.54, 1.807) is 7.11 Å². The number of hydrogen-bond acceptors (Lipinski definition) is 4. The molecule has 0 aliphatic heterocycles. The van der Waals surface area contributed by atoms with Crippen molar-refractivity contribution in [3.63, 3.8) is 0 Å². The molecule has 1 aromatic carbocycles. The Balaban J connectivity index is 2.79. The summed E-state index contributed by atoms with van der Waals surface area (Å²) < 4.78 is 11.6. The second-order valence-electron chi connectivity index (χ2n) is 4.16. The average molecular weight is 318 g/mol. The number of aryl methyl sites for hydroxylation is 1. The molecule has 0 saturated carbocycles. The lowest BCUT2D eigenvalue weighted by Crippen LogP contribution is -2.23. The van der Waals surface area contributed by atoms with Crippen molar-refractivity contribution in [2.75, 3.05) is 27.4 Å². The number of aliphatic hydroxyl groups is 1. The molecule has 0 bridgehead atoms. The lowest BCUT2D eigenvalue weighted by molar-refractivity contribution is 0.0321. The van der Waals surface area contributed by atoms with Gasteiger partial charge in [-0.05, 0) is 31.7 Å². The number of methoxy groups -OCH3 is 1. The van der Waals surface area contributed by atoms with Crippen LogP contribution < -0.4 is 10.1 Å². The van der Waals surface area contributed by atoms with Crippen molar-refractivity contribution >= 4 is 15.9 Å². The molecule has 0 fully saturated rings. The highest BCUT2D eigenvalue weighted by Gasteiger charge is 2.11. The fourth-order valence-corrected chi connectivity index (χ4v) is 2.37. The molecule has 0 amide bonds.